The van der Waals surface area contributed by atoms with Crippen molar-refractivity contribution in [3.8, 4) is 0 Å². The van der Waals surface area contributed by atoms with Crippen molar-refractivity contribution in [2.45, 2.75) is 46.5 Å². The van der Waals surface area contributed by atoms with E-state index in [2.05, 4.69) is 18.8 Å². The highest BCUT2D eigenvalue weighted by atomic mass is 32.1. The average Bonchev–Trinajstić information content (AvgIpc) is 2.68. The summed E-state index contributed by atoms with van der Waals surface area (Å²) < 4.78 is 0. The van der Waals surface area contributed by atoms with E-state index in [1.165, 1.54) is 0 Å². The summed E-state index contributed by atoms with van der Waals surface area (Å²) in [4.78, 5) is 28.6. The maximum atomic E-state index is 12.4. The predicted octanol–water partition coefficient (Wildman–Crippen LogP) is 2.79. The Labute approximate surface area is 112 Å². The molecule has 0 aliphatic carbocycles. The van der Waals surface area contributed by atoms with Gasteiger partial charge in [-0.1, -0.05) is 38.0 Å². The third-order valence-corrected chi connectivity index (χ3v) is 3.84. The summed E-state index contributed by atoms with van der Waals surface area (Å²) in [6.07, 6.45) is 4.15. The van der Waals surface area contributed by atoms with Gasteiger partial charge in [-0.2, -0.15) is 0 Å². The fourth-order valence-electron chi connectivity index (χ4n) is 1.77. The standard InChI is InChI=1S/C13H22N2O2S/c1-4-6-8-15(9-7-5-2)12(16)11-10(3)14-13(17)18-11/h4-9H2,1-3H3,(H,14,17). The lowest BCUT2D eigenvalue weighted by Gasteiger charge is -2.21. The van der Waals surface area contributed by atoms with Gasteiger partial charge < -0.3 is 9.88 Å². The van der Waals surface area contributed by atoms with Gasteiger partial charge in [0.05, 0.1) is 0 Å². The first-order chi connectivity index (χ1) is 8.60. The molecule has 1 rings (SSSR count). The zero-order chi connectivity index (χ0) is 13.5. The van der Waals surface area contributed by atoms with Crippen molar-refractivity contribution in [3.63, 3.8) is 0 Å². The Morgan fingerprint density at radius 2 is 1.78 bits per heavy atom. The zero-order valence-corrected chi connectivity index (χ0v) is 12.2. The molecule has 0 aromatic carbocycles. The Kier molecular flexibility index (Phi) is 6.12. The van der Waals surface area contributed by atoms with E-state index in [0.717, 1.165) is 50.1 Å². The summed E-state index contributed by atoms with van der Waals surface area (Å²) in [6, 6.07) is 0. The Morgan fingerprint density at radius 1 is 1.22 bits per heavy atom. The molecule has 0 bridgehead atoms. The molecule has 1 N–H and O–H groups in total. The van der Waals surface area contributed by atoms with E-state index in [1.807, 2.05) is 4.90 Å². The van der Waals surface area contributed by atoms with E-state index < -0.39 is 0 Å². The summed E-state index contributed by atoms with van der Waals surface area (Å²) in [6.45, 7) is 7.56. The third-order valence-electron chi connectivity index (χ3n) is 2.87. The largest absolute Gasteiger partial charge is 0.338 e. The fourth-order valence-corrected chi connectivity index (χ4v) is 2.58. The molecule has 18 heavy (non-hydrogen) atoms. The Morgan fingerprint density at radius 3 is 2.17 bits per heavy atom. The molecule has 1 amide bonds. The lowest BCUT2D eigenvalue weighted by Crippen LogP contribution is -2.32. The van der Waals surface area contributed by atoms with Gasteiger partial charge in [-0.3, -0.25) is 9.59 Å². The van der Waals surface area contributed by atoms with Gasteiger partial charge in [-0.25, -0.2) is 0 Å². The molecule has 1 heterocycles. The number of aromatic amines is 1. The monoisotopic (exact) mass is 270 g/mol. The molecule has 0 saturated heterocycles. The summed E-state index contributed by atoms with van der Waals surface area (Å²) in [5.74, 6) is -0.00208. The summed E-state index contributed by atoms with van der Waals surface area (Å²) >= 11 is 1.02. The lowest BCUT2D eigenvalue weighted by atomic mass is 10.2. The molecular formula is C13H22N2O2S. The van der Waals surface area contributed by atoms with Crippen molar-refractivity contribution >= 4 is 17.2 Å². The highest BCUT2D eigenvalue weighted by Gasteiger charge is 2.19. The molecular weight excluding hydrogens is 248 g/mol. The highest BCUT2D eigenvalue weighted by molar-refractivity contribution is 7.11. The minimum Gasteiger partial charge on any atom is -0.338 e. The first-order valence-corrected chi connectivity index (χ1v) is 7.40. The molecule has 102 valence electrons. The van der Waals surface area contributed by atoms with Crippen molar-refractivity contribution in [1.82, 2.24) is 9.88 Å². The second-order valence-corrected chi connectivity index (χ2v) is 5.45. The van der Waals surface area contributed by atoms with Gasteiger partial charge in [0.15, 0.2) is 0 Å². The number of carbonyl (C=O) groups excluding carboxylic acids is 1. The van der Waals surface area contributed by atoms with Crippen molar-refractivity contribution in [1.29, 1.82) is 0 Å². The molecule has 0 aliphatic rings. The molecule has 0 unspecified atom stereocenters. The first-order valence-electron chi connectivity index (χ1n) is 6.59. The minimum atomic E-state index is -0.151. The first kappa shape index (κ1) is 15.0. The average molecular weight is 270 g/mol. The SMILES string of the molecule is CCCCN(CCCC)C(=O)c1sc(=O)[nH]c1C. The van der Waals surface area contributed by atoms with Crippen molar-refractivity contribution < 1.29 is 4.79 Å². The van der Waals surface area contributed by atoms with E-state index >= 15 is 0 Å². The molecule has 0 spiro atoms. The number of amides is 1. The number of aromatic nitrogens is 1. The zero-order valence-electron chi connectivity index (χ0n) is 11.4. The van der Waals surface area contributed by atoms with E-state index in [-0.39, 0.29) is 10.8 Å². The molecule has 1 aromatic rings. The molecule has 0 fully saturated rings. The topological polar surface area (TPSA) is 53.2 Å². The Hall–Kier alpha value is -1.10. The predicted molar refractivity (Wildman–Crippen MR) is 75.4 cm³/mol. The van der Waals surface area contributed by atoms with Crippen LogP contribution in [0.3, 0.4) is 0 Å². The smallest absolute Gasteiger partial charge is 0.305 e. The van der Waals surface area contributed by atoms with Crippen LogP contribution in [0.4, 0.5) is 0 Å². The molecule has 5 heteroatoms. The fraction of sp³-hybridized carbons (Fsp3) is 0.692. The summed E-state index contributed by atoms with van der Waals surface area (Å²) in [5.41, 5.74) is 0.688. The van der Waals surface area contributed by atoms with Gasteiger partial charge in [0.1, 0.15) is 4.88 Å². The second-order valence-electron chi connectivity index (χ2n) is 4.47. The van der Waals surface area contributed by atoms with E-state index in [1.54, 1.807) is 6.92 Å². The van der Waals surface area contributed by atoms with Crippen LogP contribution in [-0.4, -0.2) is 28.9 Å². The number of rotatable bonds is 7. The van der Waals surface area contributed by atoms with Crippen molar-refractivity contribution in [3.05, 3.63) is 20.2 Å². The number of aryl methyl sites for hydroxylation is 1. The number of thiazole rings is 1. The number of nitrogens with one attached hydrogen (secondary N) is 1. The number of carbonyl (C=O) groups is 1. The van der Waals surface area contributed by atoms with Crippen LogP contribution in [0.1, 0.15) is 54.9 Å². The van der Waals surface area contributed by atoms with Crippen LogP contribution >= 0.6 is 11.3 Å². The van der Waals surface area contributed by atoms with Crippen molar-refractivity contribution in [2.24, 2.45) is 0 Å². The second kappa shape index (κ2) is 7.36. The van der Waals surface area contributed by atoms with Crippen LogP contribution in [0.5, 0.6) is 0 Å². The minimum absolute atomic E-state index is 0.00208. The number of unbranched alkanes of at least 4 members (excludes halogenated alkanes) is 2. The number of hydrogen-bond donors (Lipinski definition) is 1. The van der Waals surface area contributed by atoms with E-state index in [9.17, 15) is 9.59 Å². The van der Waals surface area contributed by atoms with Crippen LogP contribution in [0.2, 0.25) is 0 Å². The normalized spacial score (nSPS) is 10.6. The Bertz CT molecular complexity index is 428. The van der Waals surface area contributed by atoms with Gasteiger partial charge in [0.2, 0.25) is 0 Å². The third kappa shape index (κ3) is 3.98. The number of hydrogen-bond acceptors (Lipinski definition) is 3. The van der Waals surface area contributed by atoms with Crippen molar-refractivity contribution in [2.75, 3.05) is 13.1 Å². The number of nitrogens with zero attached hydrogens (tertiary/aromatic N) is 1. The van der Waals surface area contributed by atoms with Crippen LogP contribution in [-0.2, 0) is 0 Å². The van der Waals surface area contributed by atoms with Gasteiger partial charge in [-0.15, -0.1) is 0 Å². The summed E-state index contributed by atoms with van der Waals surface area (Å²) in [5, 5.41) is 0. The van der Waals surface area contributed by atoms with Crippen LogP contribution < -0.4 is 4.87 Å². The molecule has 0 radical (unpaired) electrons. The molecule has 0 aliphatic heterocycles. The van der Waals surface area contributed by atoms with Gasteiger partial charge >= 0.3 is 4.87 Å². The maximum absolute atomic E-state index is 12.4. The quantitative estimate of drug-likeness (QED) is 0.828. The van der Waals surface area contributed by atoms with Crippen LogP contribution in [0, 0.1) is 6.92 Å². The molecule has 4 nitrogen and oxygen atoms in total. The molecule has 0 saturated carbocycles. The molecule has 1 aromatic heterocycles. The Balaban J connectivity index is 2.80. The summed E-state index contributed by atoms with van der Waals surface area (Å²) in [7, 11) is 0. The lowest BCUT2D eigenvalue weighted by molar-refractivity contribution is 0.0755. The van der Waals surface area contributed by atoms with Gasteiger partial charge in [0.25, 0.3) is 5.91 Å². The van der Waals surface area contributed by atoms with Gasteiger partial charge in [-0.05, 0) is 19.8 Å². The van der Waals surface area contributed by atoms with Crippen LogP contribution in [0.25, 0.3) is 0 Å². The maximum Gasteiger partial charge on any atom is 0.305 e. The van der Waals surface area contributed by atoms with E-state index in [4.69, 9.17) is 0 Å². The highest BCUT2D eigenvalue weighted by Crippen LogP contribution is 2.13. The molecule has 0 atom stereocenters. The van der Waals surface area contributed by atoms with Crippen LogP contribution in [0.15, 0.2) is 4.79 Å². The van der Waals surface area contributed by atoms with Gasteiger partial charge in [0, 0.05) is 18.8 Å². The number of H-pyrrole nitrogens is 1. The van der Waals surface area contributed by atoms with E-state index in [0.29, 0.717) is 10.6 Å².